The van der Waals surface area contributed by atoms with E-state index in [9.17, 15) is 9.59 Å². The lowest BCUT2D eigenvalue weighted by Crippen LogP contribution is -2.50. The Hall–Kier alpha value is -1.89. The first-order valence-electron chi connectivity index (χ1n) is 12.7. The van der Waals surface area contributed by atoms with Crippen molar-refractivity contribution < 1.29 is 9.59 Å². The molecule has 6 nitrogen and oxygen atoms in total. The molecule has 188 valence electrons. The molecular formula is C27H41ClN4O2. The molecule has 2 fully saturated rings. The summed E-state index contributed by atoms with van der Waals surface area (Å²) >= 11 is 5.91. The Labute approximate surface area is 209 Å². The quantitative estimate of drug-likeness (QED) is 0.463. The van der Waals surface area contributed by atoms with Crippen molar-refractivity contribution in [3.63, 3.8) is 0 Å². The number of nitrogens with zero attached hydrogens (tertiary/aromatic N) is 1. The van der Waals surface area contributed by atoms with Crippen LogP contribution in [0.15, 0.2) is 30.3 Å². The SMILES string of the molecule is CNCCC1NC(CNC(=O)/C=C/c2ccc(Cl)cc2)CCN(CC2CC(C)CC(C)C2)C1=O. The van der Waals surface area contributed by atoms with Gasteiger partial charge in [-0.05, 0) is 87.2 Å². The van der Waals surface area contributed by atoms with Crippen molar-refractivity contribution in [1.29, 1.82) is 0 Å². The highest BCUT2D eigenvalue weighted by Crippen LogP contribution is 2.33. The fourth-order valence-corrected chi connectivity index (χ4v) is 5.65. The lowest BCUT2D eigenvalue weighted by molar-refractivity contribution is -0.133. The Kier molecular flexibility index (Phi) is 10.4. The number of amides is 2. The molecule has 3 N–H and O–H groups in total. The molecule has 2 aliphatic rings. The van der Waals surface area contributed by atoms with E-state index >= 15 is 0 Å². The molecule has 1 aliphatic carbocycles. The summed E-state index contributed by atoms with van der Waals surface area (Å²) in [7, 11) is 1.91. The van der Waals surface area contributed by atoms with Crippen LogP contribution in [0.5, 0.6) is 0 Å². The smallest absolute Gasteiger partial charge is 0.244 e. The van der Waals surface area contributed by atoms with Gasteiger partial charge < -0.3 is 20.9 Å². The molecule has 0 bridgehead atoms. The fourth-order valence-electron chi connectivity index (χ4n) is 5.52. The third-order valence-electron chi connectivity index (χ3n) is 7.05. The van der Waals surface area contributed by atoms with Crippen LogP contribution in [0.3, 0.4) is 0 Å². The highest BCUT2D eigenvalue weighted by atomic mass is 35.5. The van der Waals surface area contributed by atoms with Crippen LogP contribution < -0.4 is 16.0 Å². The highest BCUT2D eigenvalue weighted by Gasteiger charge is 2.33. The number of hydrogen-bond donors (Lipinski definition) is 3. The molecule has 3 rings (SSSR count). The van der Waals surface area contributed by atoms with Gasteiger partial charge in [0.15, 0.2) is 0 Å². The standard InChI is InChI=1S/C27H41ClN4O2/c1-19-14-20(2)16-22(15-19)18-32-13-11-24(31-25(27(32)34)10-12-29-3)17-30-26(33)9-6-21-4-7-23(28)8-5-21/h4-9,19-20,22,24-25,29,31H,10-18H2,1-3H3,(H,30,33)/b9-6+. The third-order valence-corrected chi connectivity index (χ3v) is 7.30. The van der Waals surface area contributed by atoms with E-state index in [1.807, 2.05) is 19.2 Å². The van der Waals surface area contributed by atoms with E-state index < -0.39 is 0 Å². The van der Waals surface area contributed by atoms with Gasteiger partial charge >= 0.3 is 0 Å². The molecule has 4 atom stereocenters. The van der Waals surface area contributed by atoms with Crippen molar-refractivity contribution in [1.82, 2.24) is 20.9 Å². The Bertz CT molecular complexity index is 818. The van der Waals surface area contributed by atoms with Gasteiger partial charge in [0, 0.05) is 36.8 Å². The van der Waals surface area contributed by atoms with Gasteiger partial charge in [0.2, 0.25) is 11.8 Å². The first-order valence-corrected chi connectivity index (χ1v) is 13.1. The minimum absolute atomic E-state index is 0.0629. The molecule has 1 aromatic carbocycles. The largest absolute Gasteiger partial charge is 0.351 e. The zero-order chi connectivity index (χ0) is 24.5. The molecule has 1 aromatic rings. The number of nitrogens with one attached hydrogen (secondary N) is 3. The summed E-state index contributed by atoms with van der Waals surface area (Å²) in [5, 5.41) is 10.4. The maximum atomic E-state index is 13.4. The van der Waals surface area contributed by atoms with Gasteiger partial charge in [0.25, 0.3) is 0 Å². The maximum absolute atomic E-state index is 13.4. The number of carbonyl (C=O) groups excluding carboxylic acids is 2. The first kappa shape index (κ1) is 26.7. The summed E-state index contributed by atoms with van der Waals surface area (Å²) in [6, 6.07) is 7.19. The first-order chi connectivity index (χ1) is 16.3. The molecule has 7 heteroatoms. The Balaban J connectivity index is 1.56. The predicted molar refractivity (Wildman–Crippen MR) is 140 cm³/mol. The van der Waals surface area contributed by atoms with Gasteiger partial charge in [0.1, 0.15) is 0 Å². The average Bonchev–Trinajstić information content (AvgIpc) is 2.94. The van der Waals surface area contributed by atoms with E-state index in [1.54, 1.807) is 24.3 Å². The van der Waals surface area contributed by atoms with Gasteiger partial charge in [-0.15, -0.1) is 0 Å². The second-order valence-electron chi connectivity index (χ2n) is 10.3. The van der Waals surface area contributed by atoms with Crippen LogP contribution in [0.1, 0.15) is 51.5 Å². The molecule has 34 heavy (non-hydrogen) atoms. The van der Waals surface area contributed by atoms with Crippen LogP contribution in [0.4, 0.5) is 0 Å². The van der Waals surface area contributed by atoms with E-state index in [1.165, 1.54) is 19.3 Å². The second kappa shape index (κ2) is 13.3. The van der Waals surface area contributed by atoms with Crippen LogP contribution in [-0.2, 0) is 9.59 Å². The molecule has 1 aliphatic heterocycles. The van der Waals surface area contributed by atoms with E-state index in [0.29, 0.717) is 17.5 Å². The molecule has 2 amide bonds. The fraction of sp³-hybridized carbons (Fsp3) is 0.630. The number of rotatable bonds is 9. The number of halogens is 1. The van der Waals surface area contributed by atoms with Gasteiger partial charge in [-0.3, -0.25) is 9.59 Å². The van der Waals surface area contributed by atoms with Crippen LogP contribution in [0, 0.1) is 17.8 Å². The van der Waals surface area contributed by atoms with Crippen molar-refractivity contribution in [3.05, 3.63) is 40.9 Å². The van der Waals surface area contributed by atoms with E-state index in [-0.39, 0.29) is 23.9 Å². The maximum Gasteiger partial charge on any atom is 0.244 e. The van der Waals surface area contributed by atoms with Gasteiger partial charge in [-0.1, -0.05) is 37.6 Å². The van der Waals surface area contributed by atoms with Crippen molar-refractivity contribution in [2.24, 2.45) is 17.8 Å². The second-order valence-corrected chi connectivity index (χ2v) is 10.7. The van der Waals surface area contributed by atoms with Gasteiger partial charge in [-0.25, -0.2) is 0 Å². The van der Waals surface area contributed by atoms with Crippen molar-refractivity contribution in [2.75, 3.05) is 33.2 Å². The molecule has 1 heterocycles. The summed E-state index contributed by atoms with van der Waals surface area (Å²) in [6.07, 6.45) is 8.61. The lowest BCUT2D eigenvalue weighted by atomic mass is 9.76. The topological polar surface area (TPSA) is 73.5 Å². The molecule has 1 saturated heterocycles. The highest BCUT2D eigenvalue weighted by molar-refractivity contribution is 6.30. The Morgan fingerprint density at radius 3 is 2.56 bits per heavy atom. The summed E-state index contributed by atoms with van der Waals surface area (Å²) in [4.78, 5) is 27.9. The molecule has 1 saturated carbocycles. The molecular weight excluding hydrogens is 448 g/mol. The van der Waals surface area contributed by atoms with Crippen LogP contribution in [0.25, 0.3) is 6.08 Å². The zero-order valence-electron chi connectivity index (χ0n) is 20.9. The third kappa shape index (κ3) is 8.40. The molecule has 4 unspecified atom stereocenters. The summed E-state index contributed by atoms with van der Waals surface area (Å²) in [5.41, 5.74) is 0.923. The predicted octanol–water partition coefficient (Wildman–Crippen LogP) is 3.71. The van der Waals surface area contributed by atoms with Crippen LogP contribution in [-0.4, -0.2) is 62.0 Å². The normalized spacial score (nSPS) is 28.2. The summed E-state index contributed by atoms with van der Waals surface area (Å²) < 4.78 is 0. The monoisotopic (exact) mass is 488 g/mol. The number of hydrogen-bond acceptors (Lipinski definition) is 4. The Morgan fingerprint density at radius 2 is 1.88 bits per heavy atom. The van der Waals surface area contributed by atoms with Crippen molar-refractivity contribution in [3.8, 4) is 0 Å². The molecule has 0 radical (unpaired) electrons. The van der Waals surface area contributed by atoms with Gasteiger partial charge in [0.05, 0.1) is 6.04 Å². The molecule has 0 spiro atoms. The summed E-state index contributed by atoms with van der Waals surface area (Å²) in [5.74, 6) is 2.12. The Morgan fingerprint density at radius 1 is 1.18 bits per heavy atom. The average molecular weight is 489 g/mol. The van der Waals surface area contributed by atoms with Crippen LogP contribution >= 0.6 is 11.6 Å². The van der Waals surface area contributed by atoms with E-state index in [0.717, 1.165) is 49.9 Å². The lowest BCUT2D eigenvalue weighted by Gasteiger charge is -2.35. The minimum Gasteiger partial charge on any atom is -0.351 e. The van der Waals surface area contributed by atoms with E-state index in [2.05, 4.69) is 34.7 Å². The zero-order valence-corrected chi connectivity index (χ0v) is 21.6. The molecule has 0 aromatic heterocycles. The van der Waals surface area contributed by atoms with Crippen molar-refractivity contribution in [2.45, 2.75) is 58.0 Å². The summed E-state index contributed by atoms with van der Waals surface area (Å²) in [6.45, 7) is 7.54. The number of carbonyl (C=O) groups is 2. The van der Waals surface area contributed by atoms with Crippen LogP contribution in [0.2, 0.25) is 5.02 Å². The minimum atomic E-state index is -0.222. The number of benzene rings is 1. The van der Waals surface area contributed by atoms with Crippen molar-refractivity contribution >= 4 is 29.5 Å². The van der Waals surface area contributed by atoms with E-state index in [4.69, 9.17) is 11.6 Å². The van der Waals surface area contributed by atoms with Gasteiger partial charge in [-0.2, -0.15) is 0 Å².